The van der Waals surface area contributed by atoms with Crippen LogP contribution in [0, 0.1) is 17.8 Å². The maximum atomic E-state index is 12.2. The first-order valence-corrected chi connectivity index (χ1v) is 7.66. The van der Waals surface area contributed by atoms with E-state index < -0.39 is 0 Å². The van der Waals surface area contributed by atoms with Crippen molar-refractivity contribution in [3.8, 4) is 0 Å². The molecule has 3 heteroatoms. The zero-order valence-electron chi connectivity index (χ0n) is 11.5. The van der Waals surface area contributed by atoms with E-state index in [1.54, 1.807) is 0 Å². The Hall–Kier alpha value is -0.570. The van der Waals surface area contributed by atoms with Gasteiger partial charge in [0.15, 0.2) is 0 Å². The van der Waals surface area contributed by atoms with Crippen LogP contribution in [0.3, 0.4) is 0 Å². The molecule has 1 saturated heterocycles. The molecule has 0 aromatic carbocycles. The van der Waals surface area contributed by atoms with E-state index in [4.69, 9.17) is 5.73 Å². The van der Waals surface area contributed by atoms with Gasteiger partial charge in [-0.1, -0.05) is 19.8 Å². The molecule has 1 heterocycles. The van der Waals surface area contributed by atoms with Crippen molar-refractivity contribution in [2.75, 3.05) is 13.1 Å². The molecule has 3 atom stereocenters. The molecule has 1 amide bonds. The van der Waals surface area contributed by atoms with Crippen LogP contribution in [-0.2, 0) is 4.79 Å². The summed E-state index contributed by atoms with van der Waals surface area (Å²) in [5, 5.41) is 0. The second kappa shape index (κ2) is 4.52. The Labute approximate surface area is 110 Å². The molecule has 2 saturated carbocycles. The molecule has 0 aromatic heterocycles. The van der Waals surface area contributed by atoms with Gasteiger partial charge in [0, 0.05) is 19.5 Å². The molecular weight excluding hydrogens is 224 g/mol. The third-order valence-electron chi connectivity index (χ3n) is 5.43. The lowest BCUT2D eigenvalue weighted by atomic mass is 9.83. The fourth-order valence-electron chi connectivity index (χ4n) is 4.53. The van der Waals surface area contributed by atoms with E-state index in [-0.39, 0.29) is 5.54 Å². The third kappa shape index (κ3) is 2.18. The van der Waals surface area contributed by atoms with Crippen LogP contribution in [0.15, 0.2) is 0 Å². The van der Waals surface area contributed by atoms with Crippen molar-refractivity contribution in [3.05, 3.63) is 0 Å². The van der Waals surface area contributed by atoms with Gasteiger partial charge in [-0.05, 0) is 43.4 Å². The molecule has 0 radical (unpaired) electrons. The van der Waals surface area contributed by atoms with E-state index in [9.17, 15) is 4.79 Å². The summed E-state index contributed by atoms with van der Waals surface area (Å²) in [6, 6.07) is 0. The Morgan fingerprint density at radius 2 is 2.11 bits per heavy atom. The SMILES string of the molecule is CCCC1(N)CN(C(=O)CC2CC3CCC2C3)C1. The lowest BCUT2D eigenvalue weighted by Crippen LogP contribution is -2.68. The molecule has 2 bridgehead atoms. The highest BCUT2D eigenvalue weighted by Crippen LogP contribution is 2.49. The first kappa shape index (κ1) is 12.5. The van der Waals surface area contributed by atoms with Crippen LogP contribution in [0.2, 0.25) is 0 Å². The van der Waals surface area contributed by atoms with Crippen LogP contribution in [0.5, 0.6) is 0 Å². The van der Waals surface area contributed by atoms with Gasteiger partial charge in [-0.2, -0.15) is 0 Å². The van der Waals surface area contributed by atoms with Crippen molar-refractivity contribution < 1.29 is 4.79 Å². The van der Waals surface area contributed by atoms with Crippen LogP contribution < -0.4 is 5.73 Å². The highest BCUT2D eigenvalue weighted by molar-refractivity contribution is 5.77. The summed E-state index contributed by atoms with van der Waals surface area (Å²) in [7, 11) is 0. The number of carbonyl (C=O) groups excluding carboxylic acids is 1. The van der Waals surface area contributed by atoms with Gasteiger partial charge >= 0.3 is 0 Å². The fraction of sp³-hybridized carbons (Fsp3) is 0.933. The summed E-state index contributed by atoms with van der Waals surface area (Å²) in [5.74, 6) is 2.86. The Morgan fingerprint density at radius 1 is 1.33 bits per heavy atom. The average molecular weight is 250 g/mol. The number of rotatable bonds is 4. The van der Waals surface area contributed by atoms with Crippen molar-refractivity contribution >= 4 is 5.91 Å². The largest absolute Gasteiger partial charge is 0.339 e. The average Bonchev–Trinajstić information content (AvgIpc) is 2.87. The molecule has 3 aliphatic rings. The van der Waals surface area contributed by atoms with Crippen molar-refractivity contribution in [1.29, 1.82) is 0 Å². The second-order valence-electron chi connectivity index (χ2n) is 7.00. The maximum absolute atomic E-state index is 12.2. The van der Waals surface area contributed by atoms with Gasteiger partial charge in [0.05, 0.1) is 5.54 Å². The van der Waals surface area contributed by atoms with E-state index in [0.717, 1.165) is 44.2 Å². The fourth-order valence-corrected chi connectivity index (χ4v) is 4.53. The number of amides is 1. The molecule has 3 fully saturated rings. The highest BCUT2D eigenvalue weighted by Gasteiger charge is 2.44. The summed E-state index contributed by atoms with van der Waals surface area (Å²) >= 11 is 0. The molecule has 0 spiro atoms. The number of nitrogens with two attached hydrogens (primary N) is 1. The van der Waals surface area contributed by atoms with E-state index in [2.05, 4.69) is 6.92 Å². The van der Waals surface area contributed by atoms with E-state index >= 15 is 0 Å². The Balaban J connectivity index is 1.46. The summed E-state index contributed by atoms with van der Waals surface area (Å²) in [6.07, 6.45) is 8.46. The number of fused-ring (bicyclic) bond motifs is 2. The van der Waals surface area contributed by atoms with Gasteiger partial charge in [0.1, 0.15) is 0 Å². The molecule has 3 unspecified atom stereocenters. The molecule has 0 aromatic rings. The molecule has 3 rings (SSSR count). The molecule has 1 aliphatic heterocycles. The minimum Gasteiger partial charge on any atom is -0.339 e. The lowest BCUT2D eigenvalue weighted by molar-refractivity contribution is -0.140. The van der Waals surface area contributed by atoms with Crippen molar-refractivity contribution in [2.24, 2.45) is 23.5 Å². The summed E-state index contributed by atoms with van der Waals surface area (Å²) < 4.78 is 0. The summed E-state index contributed by atoms with van der Waals surface area (Å²) in [5.41, 5.74) is 6.15. The number of hydrogen-bond acceptors (Lipinski definition) is 2. The number of hydrogen-bond donors (Lipinski definition) is 1. The van der Waals surface area contributed by atoms with Crippen molar-refractivity contribution in [1.82, 2.24) is 4.90 Å². The molecule has 102 valence electrons. The van der Waals surface area contributed by atoms with Crippen molar-refractivity contribution in [2.45, 2.75) is 57.4 Å². The zero-order chi connectivity index (χ0) is 12.8. The van der Waals surface area contributed by atoms with Crippen LogP contribution >= 0.6 is 0 Å². The van der Waals surface area contributed by atoms with E-state index in [1.165, 1.54) is 25.7 Å². The lowest BCUT2D eigenvalue weighted by Gasteiger charge is -2.48. The van der Waals surface area contributed by atoms with Gasteiger partial charge in [-0.3, -0.25) is 4.79 Å². The number of nitrogens with zero attached hydrogens (tertiary/aromatic N) is 1. The maximum Gasteiger partial charge on any atom is 0.222 e. The quantitative estimate of drug-likeness (QED) is 0.831. The van der Waals surface area contributed by atoms with Crippen LogP contribution in [0.4, 0.5) is 0 Å². The normalized spacial score (nSPS) is 36.8. The van der Waals surface area contributed by atoms with Gasteiger partial charge < -0.3 is 10.6 Å². The van der Waals surface area contributed by atoms with Gasteiger partial charge in [-0.25, -0.2) is 0 Å². The summed E-state index contributed by atoms with van der Waals surface area (Å²) in [6.45, 7) is 3.75. The molecule has 2 N–H and O–H groups in total. The molecule has 18 heavy (non-hydrogen) atoms. The third-order valence-corrected chi connectivity index (χ3v) is 5.43. The van der Waals surface area contributed by atoms with Gasteiger partial charge in [-0.15, -0.1) is 0 Å². The van der Waals surface area contributed by atoms with Crippen LogP contribution in [0.25, 0.3) is 0 Å². The Morgan fingerprint density at radius 3 is 2.67 bits per heavy atom. The van der Waals surface area contributed by atoms with Crippen LogP contribution in [-0.4, -0.2) is 29.4 Å². The predicted molar refractivity (Wildman–Crippen MR) is 72.0 cm³/mol. The van der Waals surface area contributed by atoms with Crippen LogP contribution in [0.1, 0.15) is 51.9 Å². The Bertz CT molecular complexity index is 335. The van der Waals surface area contributed by atoms with Gasteiger partial charge in [0.2, 0.25) is 5.91 Å². The predicted octanol–water partition coefficient (Wildman–Crippen LogP) is 2.15. The number of likely N-dealkylation sites (tertiary alicyclic amines) is 1. The summed E-state index contributed by atoms with van der Waals surface area (Å²) in [4.78, 5) is 14.2. The monoisotopic (exact) mass is 250 g/mol. The molecule has 2 aliphatic carbocycles. The second-order valence-corrected chi connectivity index (χ2v) is 7.00. The van der Waals surface area contributed by atoms with Crippen molar-refractivity contribution in [3.63, 3.8) is 0 Å². The number of carbonyl (C=O) groups is 1. The molecule has 3 nitrogen and oxygen atoms in total. The minimum absolute atomic E-state index is 0.0703. The minimum atomic E-state index is -0.0703. The Kier molecular flexibility index (Phi) is 3.13. The standard InChI is InChI=1S/C15H26N2O/c1-2-5-15(16)9-17(10-15)14(18)8-13-7-11-3-4-12(13)6-11/h11-13H,2-10,16H2,1H3. The van der Waals surface area contributed by atoms with E-state index in [0.29, 0.717) is 11.8 Å². The zero-order valence-corrected chi connectivity index (χ0v) is 11.5. The first-order valence-electron chi connectivity index (χ1n) is 7.66. The smallest absolute Gasteiger partial charge is 0.222 e. The first-order chi connectivity index (χ1) is 8.59. The topological polar surface area (TPSA) is 46.3 Å². The molecular formula is C15H26N2O. The highest BCUT2D eigenvalue weighted by atomic mass is 16.2. The van der Waals surface area contributed by atoms with Gasteiger partial charge in [0.25, 0.3) is 0 Å². The van der Waals surface area contributed by atoms with E-state index in [1.807, 2.05) is 4.90 Å².